The number of carbonyl (C=O) groups is 3. The first-order valence-corrected chi connectivity index (χ1v) is 12.5. The van der Waals surface area contributed by atoms with Gasteiger partial charge in [-0.25, -0.2) is 0 Å². The molecule has 3 aromatic carbocycles. The monoisotopic (exact) mass is 534 g/mol. The Balaban J connectivity index is 0.00000336. The maximum atomic E-state index is 13.4. The molecule has 2 saturated heterocycles. The van der Waals surface area contributed by atoms with E-state index in [1.54, 1.807) is 42.3 Å². The van der Waals surface area contributed by atoms with Gasteiger partial charge >= 0.3 is 0 Å². The number of hydrogen-bond acceptors (Lipinski definition) is 5. The number of rotatable bonds is 6. The van der Waals surface area contributed by atoms with Crippen molar-refractivity contribution in [2.75, 3.05) is 55.0 Å². The molecule has 2 aliphatic heterocycles. The van der Waals surface area contributed by atoms with Gasteiger partial charge in [0.15, 0.2) is 0 Å². The number of nitrogens with one attached hydrogen (secondary N) is 1. The number of piperazine rings is 1. The predicted octanol–water partition coefficient (Wildman–Crippen LogP) is 4.07. The number of benzene rings is 3. The van der Waals surface area contributed by atoms with E-state index in [-0.39, 0.29) is 43.1 Å². The minimum atomic E-state index is -0.517. The highest BCUT2D eigenvalue weighted by Gasteiger charge is 2.36. The van der Waals surface area contributed by atoms with Crippen LogP contribution in [0.1, 0.15) is 16.8 Å². The minimum Gasteiger partial charge on any atom is -0.497 e. The summed E-state index contributed by atoms with van der Waals surface area (Å²) < 4.78 is 5.26. The number of para-hydroxylation sites is 2. The summed E-state index contributed by atoms with van der Waals surface area (Å²) in [5.41, 5.74) is 2.77. The molecule has 1 N–H and O–H groups in total. The van der Waals surface area contributed by atoms with E-state index in [0.717, 1.165) is 18.8 Å². The highest BCUT2D eigenvalue weighted by molar-refractivity contribution is 6.07. The van der Waals surface area contributed by atoms with Gasteiger partial charge in [0.25, 0.3) is 5.91 Å². The standard InChI is InChI=1S/C29H30N4O4.ClH/c1-37-24-11-7-10-23(19-24)33-20-21(18-27(33)34)28(35)30-26-13-6-5-12-25(26)29(36)32-16-14-31(15-17-32)22-8-3-2-4-9-22;/h2-13,19,21H,14-18,20H2,1H3,(H,30,35);1H. The zero-order valence-corrected chi connectivity index (χ0v) is 22.0. The molecule has 3 aromatic rings. The number of anilines is 3. The van der Waals surface area contributed by atoms with Crippen LogP contribution in [-0.4, -0.2) is 62.5 Å². The summed E-state index contributed by atoms with van der Waals surface area (Å²) in [7, 11) is 1.57. The van der Waals surface area contributed by atoms with E-state index in [0.29, 0.717) is 35.8 Å². The van der Waals surface area contributed by atoms with Gasteiger partial charge < -0.3 is 24.8 Å². The Bertz CT molecular complexity index is 1290. The predicted molar refractivity (Wildman–Crippen MR) is 150 cm³/mol. The Morgan fingerprint density at radius 1 is 0.868 bits per heavy atom. The lowest BCUT2D eigenvalue weighted by Crippen LogP contribution is -2.49. The van der Waals surface area contributed by atoms with Crippen molar-refractivity contribution >= 4 is 47.2 Å². The average Bonchev–Trinajstić information content (AvgIpc) is 3.35. The first-order valence-electron chi connectivity index (χ1n) is 12.5. The van der Waals surface area contributed by atoms with Gasteiger partial charge in [-0.1, -0.05) is 36.4 Å². The maximum absolute atomic E-state index is 13.4. The molecule has 0 radical (unpaired) electrons. The molecule has 2 aliphatic rings. The Kier molecular flexibility index (Phi) is 8.53. The summed E-state index contributed by atoms with van der Waals surface area (Å²) in [4.78, 5) is 45.0. The van der Waals surface area contributed by atoms with E-state index in [1.807, 2.05) is 41.3 Å². The zero-order valence-electron chi connectivity index (χ0n) is 21.2. The summed E-state index contributed by atoms with van der Waals surface area (Å²) in [5.74, 6) is -0.363. The highest BCUT2D eigenvalue weighted by Crippen LogP contribution is 2.29. The molecular formula is C29H31ClN4O4. The van der Waals surface area contributed by atoms with Gasteiger partial charge in [-0.05, 0) is 36.4 Å². The highest BCUT2D eigenvalue weighted by atomic mass is 35.5. The van der Waals surface area contributed by atoms with Crippen LogP contribution in [0.3, 0.4) is 0 Å². The number of methoxy groups -OCH3 is 1. The average molecular weight is 535 g/mol. The van der Waals surface area contributed by atoms with Crippen molar-refractivity contribution in [2.24, 2.45) is 5.92 Å². The van der Waals surface area contributed by atoms with Gasteiger partial charge in [0.05, 0.1) is 24.3 Å². The molecule has 3 amide bonds. The van der Waals surface area contributed by atoms with Crippen LogP contribution in [-0.2, 0) is 9.59 Å². The fourth-order valence-corrected chi connectivity index (χ4v) is 4.90. The van der Waals surface area contributed by atoms with Gasteiger partial charge in [0.2, 0.25) is 11.8 Å². The molecule has 0 saturated carbocycles. The van der Waals surface area contributed by atoms with Crippen molar-refractivity contribution < 1.29 is 19.1 Å². The van der Waals surface area contributed by atoms with E-state index in [2.05, 4.69) is 22.3 Å². The van der Waals surface area contributed by atoms with Crippen LogP contribution >= 0.6 is 12.4 Å². The fraction of sp³-hybridized carbons (Fsp3) is 0.276. The molecule has 0 spiro atoms. The molecule has 0 aromatic heterocycles. The quantitative estimate of drug-likeness (QED) is 0.515. The number of nitrogens with zero attached hydrogens (tertiary/aromatic N) is 3. The number of amides is 3. The van der Waals surface area contributed by atoms with Crippen molar-refractivity contribution in [3.63, 3.8) is 0 Å². The third-order valence-corrected chi connectivity index (χ3v) is 6.96. The topological polar surface area (TPSA) is 82.2 Å². The van der Waals surface area contributed by atoms with Gasteiger partial charge in [0, 0.05) is 56.6 Å². The van der Waals surface area contributed by atoms with Crippen LogP contribution in [0.4, 0.5) is 17.1 Å². The van der Waals surface area contributed by atoms with Gasteiger partial charge in [-0.15, -0.1) is 12.4 Å². The lowest BCUT2D eigenvalue weighted by molar-refractivity contribution is -0.122. The molecule has 2 fully saturated rings. The van der Waals surface area contributed by atoms with Crippen molar-refractivity contribution in [3.8, 4) is 5.75 Å². The molecular weight excluding hydrogens is 504 g/mol. The van der Waals surface area contributed by atoms with Crippen LogP contribution in [0.5, 0.6) is 5.75 Å². The van der Waals surface area contributed by atoms with E-state index >= 15 is 0 Å². The van der Waals surface area contributed by atoms with E-state index in [1.165, 1.54) is 0 Å². The third kappa shape index (κ3) is 5.75. The van der Waals surface area contributed by atoms with Crippen LogP contribution in [0, 0.1) is 5.92 Å². The minimum absolute atomic E-state index is 0. The summed E-state index contributed by atoms with van der Waals surface area (Å²) in [6.07, 6.45) is 0.112. The normalized spacial score (nSPS) is 17.1. The largest absolute Gasteiger partial charge is 0.497 e. The van der Waals surface area contributed by atoms with Crippen molar-refractivity contribution in [1.82, 2.24) is 4.90 Å². The summed E-state index contributed by atoms with van der Waals surface area (Å²) in [5, 5.41) is 2.92. The summed E-state index contributed by atoms with van der Waals surface area (Å²) in [6.45, 7) is 2.96. The van der Waals surface area contributed by atoms with Gasteiger partial charge in [0.1, 0.15) is 5.75 Å². The fourth-order valence-electron chi connectivity index (χ4n) is 4.90. The van der Waals surface area contributed by atoms with E-state index in [4.69, 9.17) is 4.74 Å². The number of halogens is 1. The van der Waals surface area contributed by atoms with Crippen LogP contribution in [0.25, 0.3) is 0 Å². The molecule has 5 rings (SSSR count). The number of hydrogen-bond donors (Lipinski definition) is 1. The molecule has 198 valence electrons. The van der Waals surface area contributed by atoms with Gasteiger partial charge in [-0.3, -0.25) is 14.4 Å². The second kappa shape index (κ2) is 12.0. The Labute approximate surface area is 228 Å². The first-order chi connectivity index (χ1) is 18.0. The maximum Gasteiger partial charge on any atom is 0.256 e. The van der Waals surface area contributed by atoms with Crippen molar-refractivity contribution in [1.29, 1.82) is 0 Å². The molecule has 2 heterocycles. The molecule has 8 nitrogen and oxygen atoms in total. The molecule has 38 heavy (non-hydrogen) atoms. The van der Waals surface area contributed by atoms with E-state index in [9.17, 15) is 14.4 Å². The van der Waals surface area contributed by atoms with E-state index < -0.39 is 5.92 Å². The zero-order chi connectivity index (χ0) is 25.8. The second-order valence-corrected chi connectivity index (χ2v) is 9.26. The Morgan fingerprint density at radius 2 is 1.55 bits per heavy atom. The Hall–Kier alpha value is -4.04. The lowest BCUT2D eigenvalue weighted by atomic mass is 10.1. The number of carbonyl (C=O) groups excluding carboxylic acids is 3. The van der Waals surface area contributed by atoms with Crippen molar-refractivity contribution in [3.05, 3.63) is 84.4 Å². The molecule has 0 aliphatic carbocycles. The molecule has 1 atom stereocenters. The van der Waals surface area contributed by atoms with Crippen LogP contribution < -0.4 is 19.9 Å². The summed E-state index contributed by atoms with van der Waals surface area (Å²) in [6, 6.07) is 24.5. The SMILES string of the molecule is COc1cccc(N2CC(C(=O)Nc3ccccc3C(=O)N3CCN(c4ccccc4)CC3)CC2=O)c1.Cl. The molecule has 9 heteroatoms. The Morgan fingerprint density at radius 3 is 2.29 bits per heavy atom. The third-order valence-electron chi connectivity index (χ3n) is 6.96. The van der Waals surface area contributed by atoms with Crippen LogP contribution in [0.2, 0.25) is 0 Å². The molecule has 0 bridgehead atoms. The smallest absolute Gasteiger partial charge is 0.256 e. The summed E-state index contributed by atoms with van der Waals surface area (Å²) >= 11 is 0. The number of ether oxygens (including phenoxy) is 1. The first kappa shape index (κ1) is 27.0. The second-order valence-electron chi connectivity index (χ2n) is 9.26. The van der Waals surface area contributed by atoms with Crippen molar-refractivity contribution in [2.45, 2.75) is 6.42 Å². The lowest BCUT2D eigenvalue weighted by Gasteiger charge is -2.36. The van der Waals surface area contributed by atoms with Crippen LogP contribution in [0.15, 0.2) is 78.9 Å². The molecule has 1 unspecified atom stereocenters. The van der Waals surface area contributed by atoms with Gasteiger partial charge in [-0.2, -0.15) is 0 Å².